The fraction of sp³-hybridized carbons (Fsp3) is 0.632. The summed E-state index contributed by atoms with van der Waals surface area (Å²) in [6.45, 7) is 2.85. The van der Waals surface area contributed by atoms with Crippen LogP contribution in [0.5, 0.6) is 5.88 Å². The van der Waals surface area contributed by atoms with E-state index in [0.717, 1.165) is 12.8 Å². The zero-order valence-corrected chi connectivity index (χ0v) is 15.6. The van der Waals surface area contributed by atoms with Crippen LogP contribution in [0.25, 0.3) is 0 Å². The quantitative estimate of drug-likeness (QED) is 0.736. The van der Waals surface area contributed by atoms with Gasteiger partial charge in [0.25, 0.3) is 5.88 Å². The first-order valence-electron chi connectivity index (χ1n) is 9.69. The average Bonchev–Trinajstić information content (AvgIpc) is 3.35. The van der Waals surface area contributed by atoms with Gasteiger partial charge in [-0.1, -0.05) is 0 Å². The monoisotopic (exact) mass is 385 g/mol. The molecule has 0 aliphatic carbocycles. The molecular weight excluding hydrogens is 362 g/mol. The van der Waals surface area contributed by atoms with Crippen molar-refractivity contribution < 1.29 is 19.1 Å². The van der Waals surface area contributed by atoms with E-state index >= 15 is 0 Å². The van der Waals surface area contributed by atoms with Gasteiger partial charge >= 0.3 is 0 Å². The number of ether oxygens (including phenoxy) is 2. The molecule has 1 aromatic heterocycles. The van der Waals surface area contributed by atoms with E-state index in [0.29, 0.717) is 39.3 Å². The van der Waals surface area contributed by atoms with Crippen LogP contribution >= 0.6 is 0 Å². The molecule has 0 bridgehead atoms. The maximum atomic E-state index is 12.9. The summed E-state index contributed by atoms with van der Waals surface area (Å²) in [5, 5.41) is 9.09. The molecule has 3 fully saturated rings. The molecule has 9 nitrogen and oxygen atoms in total. The summed E-state index contributed by atoms with van der Waals surface area (Å²) in [5.41, 5.74) is 0.140. The van der Waals surface area contributed by atoms with Crippen molar-refractivity contribution in [3.63, 3.8) is 0 Å². The predicted molar refractivity (Wildman–Crippen MR) is 96.0 cm³/mol. The Hall–Kier alpha value is -2.73. The third-order valence-corrected chi connectivity index (χ3v) is 5.64. The number of carbonyl (C=O) groups excluding carboxylic acids is 2. The molecule has 2 atom stereocenters. The molecule has 0 radical (unpaired) electrons. The summed E-state index contributed by atoms with van der Waals surface area (Å²) >= 11 is 0. The maximum absolute atomic E-state index is 12.9. The summed E-state index contributed by atoms with van der Waals surface area (Å²) < 4.78 is 11.2. The van der Waals surface area contributed by atoms with Crippen LogP contribution in [0.3, 0.4) is 0 Å². The van der Waals surface area contributed by atoms with Crippen molar-refractivity contribution in [3.8, 4) is 11.9 Å². The number of nitriles is 1. The van der Waals surface area contributed by atoms with E-state index in [4.69, 9.17) is 14.7 Å². The van der Waals surface area contributed by atoms with Gasteiger partial charge in [0.1, 0.15) is 12.2 Å². The molecule has 1 aromatic rings. The van der Waals surface area contributed by atoms with E-state index in [-0.39, 0.29) is 47.9 Å². The van der Waals surface area contributed by atoms with E-state index in [1.54, 1.807) is 4.90 Å². The third-order valence-electron chi connectivity index (χ3n) is 5.64. The lowest BCUT2D eigenvalue weighted by Crippen LogP contribution is -2.42. The number of hydrogen-bond donors (Lipinski definition) is 0. The number of carbonyl (C=O) groups is 2. The van der Waals surface area contributed by atoms with Gasteiger partial charge < -0.3 is 19.3 Å². The van der Waals surface area contributed by atoms with Gasteiger partial charge in [-0.15, -0.1) is 0 Å². The van der Waals surface area contributed by atoms with Crippen molar-refractivity contribution in [2.75, 3.05) is 32.8 Å². The van der Waals surface area contributed by atoms with Gasteiger partial charge in [0.2, 0.25) is 17.5 Å². The van der Waals surface area contributed by atoms with Gasteiger partial charge in [-0.25, -0.2) is 9.97 Å². The van der Waals surface area contributed by atoms with Crippen molar-refractivity contribution in [3.05, 3.63) is 18.1 Å². The van der Waals surface area contributed by atoms with Crippen molar-refractivity contribution in [1.82, 2.24) is 19.8 Å². The summed E-state index contributed by atoms with van der Waals surface area (Å²) in [5.74, 6) is -0.0181. The molecule has 0 aromatic carbocycles. The van der Waals surface area contributed by atoms with Gasteiger partial charge in [-0.3, -0.25) is 9.59 Å². The Morgan fingerprint density at radius 3 is 2.79 bits per heavy atom. The van der Waals surface area contributed by atoms with Crippen LogP contribution in [0, 0.1) is 17.2 Å². The van der Waals surface area contributed by atoms with E-state index in [1.807, 2.05) is 11.0 Å². The summed E-state index contributed by atoms with van der Waals surface area (Å²) in [6, 6.07) is 2.15. The van der Waals surface area contributed by atoms with Crippen LogP contribution < -0.4 is 4.74 Å². The number of rotatable bonds is 4. The molecule has 3 aliphatic rings. The van der Waals surface area contributed by atoms with E-state index in [2.05, 4.69) is 9.97 Å². The van der Waals surface area contributed by atoms with Gasteiger partial charge in [-0.05, 0) is 12.8 Å². The first-order chi connectivity index (χ1) is 13.7. The number of nitrogens with zero attached hydrogens (tertiary/aromatic N) is 5. The van der Waals surface area contributed by atoms with Crippen molar-refractivity contribution in [2.24, 2.45) is 5.92 Å². The molecule has 0 saturated carbocycles. The van der Waals surface area contributed by atoms with Crippen LogP contribution in [-0.2, 0) is 14.3 Å². The normalized spacial score (nSPS) is 25.8. The van der Waals surface area contributed by atoms with E-state index in [9.17, 15) is 9.59 Å². The zero-order chi connectivity index (χ0) is 19.5. The van der Waals surface area contributed by atoms with Crippen molar-refractivity contribution >= 4 is 11.8 Å². The van der Waals surface area contributed by atoms with Gasteiger partial charge in [-0.2, -0.15) is 5.26 Å². The van der Waals surface area contributed by atoms with Gasteiger partial charge in [0, 0.05) is 57.6 Å². The highest BCUT2D eigenvalue weighted by molar-refractivity contribution is 5.89. The van der Waals surface area contributed by atoms with Gasteiger partial charge in [0.15, 0.2) is 0 Å². The van der Waals surface area contributed by atoms with Crippen LogP contribution in [-0.4, -0.2) is 76.6 Å². The van der Waals surface area contributed by atoms with Crippen LogP contribution in [0.2, 0.25) is 0 Å². The number of amides is 2. The molecule has 3 aliphatic heterocycles. The first kappa shape index (κ1) is 18.6. The highest BCUT2D eigenvalue weighted by Crippen LogP contribution is 2.28. The standard InChI is InChI=1S/C19H23N5O4/c20-10-16-18(22-5-4-21-16)28-15-1-6-23(12-15)19(26)13-9-17(25)24(11-13)14-2-7-27-8-3-14/h4-5,13-15H,1-3,6-9,11-12H2/t13-,15+/m0/s1. The minimum absolute atomic E-state index is 0.00802. The van der Waals surface area contributed by atoms with Crippen molar-refractivity contribution in [1.29, 1.82) is 5.26 Å². The Morgan fingerprint density at radius 1 is 1.21 bits per heavy atom. The Labute approximate surface area is 163 Å². The van der Waals surface area contributed by atoms with Crippen molar-refractivity contribution in [2.45, 2.75) is 37.8 Å². The maximum Gasteiger partial charge on any atom is 0.251 e. The van der Waals surface area contributed by atoms with Gasteiger partial charge in [0.05, 0.1) is 12.5 Å². The number of likely N-dealkylation sites (tertiary alicyclic amines) is 2. The van der Waals surface area contributed by atoms with E-state index in [1.165, 1.54) is 12.4 Å². The minimum atomic E-state index is -0.291. The highest BCUT2D eigenvalue weighted by atomic mass is 16.5. The lowest BCUT2D eigenvalue weighted by molar-refractivity contribution is -0.135. The van der Waals surface area contributed by atoms with Crippen LogP contribution in [0.4, 0.5) is 0 Å². The second kappa shape index (κ2) is 8.10. The lowest BCUT2D eigenvalue weighted by atomic mass is 10.1. The molecular formula is C19H23N5O4. The van der Waals surface area contributed by atoms with Crippen LogP contribution in [0.15, 0.2) is 12.4 Å². The molecule has 2 amide bonds. The Morgan fingerprint density at radius 2 is 2.00 bits per heavy atom. The second-order valence-electron chi connectivity index (χ2n) is 7.43. The topological polar surface area (TPSA) is 109 Å². The summed E-state index contributed by atoms with van der Waals surface area (Å²) in [6.07, 6.45) is 5.31. The second-order valence-corrected chi connectivity index (χ2v) is 7.43. The number of aromatic nitrogens is 2. The smallest absolute Gasteiger partial charge is 0.251 e. The lowest BCUT2D eigenvalue weighted by Gasteiger charge is -2.31. The molecule has 0 unspecified atom stereocenters. The molecule has 148 valence electrons. The molecule has 28 heavy (non-hydrogen) atoms. The number of hydrogen-bond acceptors (Lipinski definition) is 7. The fourth-order valence-electron chi connectivity index (χ4n) is 4.18. The fourth-order valence-corrected chi connectivity index (χ4v) is 4.18. The largest absolute Gasteiger partial charge is 0.470 e. The van der Waals surface area contributed by atoms with Crippen LogP contribution in [0.1, 0.15) is 31.4 Å². The molecule has 4 heterocycles. The highest BCUT2D eigenvalue weighted by Gasteiger charge is 2.41. The molecule has 0 N–H and O–H groups in total. The molecule has 9 heteroatoms. The average molecular weight is 385 g/mol. The molecule has 4 rings (SSSR count). The molecule has 3 saturated heterocycles. The SMILES string of the molecule is N#Cc1nccnc1O[C@@H]1CCN(C(=O)[C@H]2CC(=O)N(C3CCOCC3)C2)C1. The molecule has 0 spiro atoms. The minimum Gasteiger partial charge on any atom is -0.470 e. The summed E-state index contributed by atoms with van der Waals surface area (Å²) in [7, 11) is 0. The third kappa shape index (κ3) is 3.78. The Kier molecular flexibility index (Phi) is 5.39. The predicted octanol–water partition coefficient (Wildman–Crippen LogP) is 0.355. The van der Waals surface area contributed by atoms with E-state index < -0.39 is 0 Å². The summed E-state index contributed by atoms with van der Waals surface area (Å²) in [4.78, 5) is 37.0. The first-order valence-corrected chi connectivity index (χ1v) is 9.69. The zero-order valence-electron chi connectivity index (χ0n) is 15.6. The Balaban J connectivity index is 1.33. The Bertz CT molecular complexity index is 789.